The minimum atomic E-state index is -4.48. The predicted octanol–water partition coefficient (Wildman–Crippen LogP) is 4.38. The lowest BCUT2D eigenvalue weighted by Gasteiger charge is -2.39. The maximum atomic E-state index is 13.3. The summed E-state index contributed by atoms with van der Waals surface area (Å²) in [7, 11) is 0. The topological polar surface area (TPSA) is 74.7 Å². The van der Waals surface area contributed by atoms with E-state index in [1.165, 1.54) is 0 Å². The van der Waals surface area contributed by atoms with E-state index in [9.17, 15) is 22.8 Å². The van der Waals surface area contributed by atoms with Crippen LogP contribution in [0.2, 0.25) is 0 Å². The molecule has 2 rings (SSSR count). The number of nitrogens with zero attached hydrogens (tertiary/aromatic N) is 4. The van der Waals surface area contributed by atoms with Gasteiger partial charge in [0, 0.05) is 45.3 Å². The molecule has 36 heavy (non-hydrogen) atoms. The largest absolute Gasteiger partial charge is 0.444 e. The van der Waals surface area contributed by atoms with Gasteiger partial charge in [0.05, 0.1) is 24.8 Å². The summed E-state index contributed by atoms with van der Waals surface area (Å²) < 4.78 is 50.9. The Hall–Kier alpha value is -2.56. The number of hydrogen-bond donors (Lipinski definition) is 0. The lowest BCUT2D eigenvalue weighted by Crippen LogP contribution is -2.54. The Kier molecular flexibility index (Phi) is 10.4. The molecule has 0 aromatic rings. The maximum absolute atomic E-state index is 13.3. The molecule has 8 nitrogen and oxygen atoms in total. The SMILES string of the molecule is CC/C(C)=C/C(=C\N=C(C)N1CCN(C(=O)C[C@H]2COCCN2C(=O)OC(C)(C)C)CC1)C(F)(F)F. The Labute approximate surface area is 211 Å². The summed E-state index contributed by atoms with van der Waals surface area (Å²) in [6, 6.07) is -0.409. The van der Waals surface area contributed by atoms with Gasteiger partial charge in [0.1, 0.15) is 11.4 Å². The normalized spacial score (nSPS) is 21.1. The third kappa shape index (κ3) is 9.15. The van der Waals surface area contributed by atoms with Gasteiger partial charge in [0.25, 0.3) is 0 Å². The second-order valence-electron chi connectivity index (χ2n) is 10.1. The first-order chi connectivity index (χ1) is 16.7. The van der Waals surface area contributed by atoms with E-state index in [1.807, 2.05) is 4.90 Å². The Balaban J connectivity index is 1.97. The van der Waals surface area contributed by atoms with Crippen LogP contribution >= 0.6 is 0 Å². The van der Waals surface area contributed by atoms with Crippen molar-refractivity contribution in [2.24, 2.45) is 4.99 Å². The molecule has 204 valence electrons. The zero-order chi connectivity index (χ0) is 27.1. The van der Waals surface area contributed by atoms with Gasteiger partial charge in [-0.2, -0.15) is 13.2 Å². The predicted molar refractivity (Wildman–Crippen MR) is 132 cm³/mol. The van der Waals surface area contributed by atoms with Crippen molar-refractivity contribution in [1.29, 1.82) is 0 Å². The molecule has 2 aliphatic rings. The highest BCUT2D eigenvalue weighted by Gasteiger charge is 2.34. The number of allylic oxidation sites excluding steroid dienone is 3. The molecule has 0 bridgehead atoms. The van der Waals surface area contributed by atoms with Gasteiger partial charge in [0.15, 0.2) is 0 Å². The summed E-state index contributed by atoms with van der Waals surface area (Å²) in [5, 5.41) is 0. The lowest BCUT2D eigenvalue weighted by atomic mass is 10.1. The highest BCUT2D eigenvalue weighted by Crippen LogP contribution is 2.28. The summed E-state index contributed by atoms with van der Waals surface area (Å²) in [5.74, 6) is 0.357. The van der Waals surface area contributed by atoms with Gasteiger partial charge in [-0.25, -0.2) is 9.79 Å². The van der Waals surface area contributed by atoms with Crippen LogP contribution in [0.1, 0.15) is 54.4 Å². The van der Waals surface area contributed by atoms with Gasteiger partial charge in [-0.05, 0) is 47.1 Å². The molecular formula is C25H39F3N4O4. The number of alkyl halides is 3. The number of aliphatic imine (C=N–C) groups is 1. The van der Waals surface area contributed by atoms with Gasteiger partial charge in [-0.15, -0.1) is 0 Å². The molecule has 0 saturated carbocycles. The van der Waals surface area contributed by atoms with Crippen LogP contribution in [0.25, 0.3) is 0 Å². The van der Waals surface area contributed by atoms with E-state index >= 15 is 0 Å². The van der Waals surface area contributed by atoms with E-state index in [0.717, 1.165) is 12.3 Å². The molecule has 2 amide bonds. The van der Waals surface area contributed by atoms with Crippen LogP contribution in [-0.4, -0.2) is 96.3 Å². The number of amides is 2. The molecular weight excluding hydrogens is 477 g/mol. The van der Waals surface area contributed by atoms with E-state index in [0.29, 0.717) is 57.2 Å². The number of carbonyl (C=O) groups excluding carboxylic acids is 2. The molecule has 0 unspecified atom stereocenters. The van der Waals surface area contributed by atoms with Crippen molar-refractivity contribution in [3.8, 4) is 0 Å². The fourth-order valence-electron chi connectivity index (χ4n) is 3.80. The molecule has 1 atom stereocenters. The zero-order valence-corrected chi connectivity index (χ0v) is 22.2. The molecule has 0 aliphatic carbocycles. The van der Waals surface area contributed by atoms with E-state index in [4.69, 9.17) is 9.47 Å². The second kappa shape index (κ2) is 12.6. The van der Waals surface area contributed by atoms with Crippen LogP contribution in [0.3, 0.4) is 0 Å². The average Bonchev–Trinajstić information content (AvgIpc) is 2.79. The van der Waals surface area contributed by atoms with Gasteiger partial charge in [-0.3, -0.25) is 4.79 Å². The Morgan fingerprint density at radius 1 is 1.06 bits per heavy atom. The maximum Gasteiger partial charge on any atom is 0.417 e. The quantitative estimate of drug-likeness (QED) is 0.308. The second-order valence-corrected chi connectivity index (χ2v) is 10.1. The summed E-state index contributed by atoms with van der Waals surface area (Å²) in [6.07, 6.45) is -2.33. The fraction of sp³-hybridized carbons (Fsp3) is 0.720. The van der Waals surface area contributed by atoms with Crippen LogP contribution in [0.5, 0.6) is 0 Å². The van der Waals surface area contributed by atoms with Crippen LogP contribution in [0, 0.1) is 0 Å². The number of piperazine rings is 1. The smallest absolute Gasteiger partial charge is 0.417 e. The van der Waals surface area contributed by atoms with E-state index < -0.39 is 29.5 Å². The summed E-state index contributed by atoms with van der Waals surface area (Å²) in [5.41, 5.74) is -0.813. The van der Waals surface area contributed by atoms with Crippen LogP contribution in [0.15, 0.2) is 28.4 Å². The molecule has 2 heterocycles. The molecule has 0 spiro atoms. The van der Waals surface area contributed by atoms with Crippen molar-refractivity contribution in [1.82, 2.24) is 14.7 Å². The number of carbonyl (C=O) groups is 2. The van der Waals surface area contributed by atoms with E-state index in [2.05, 4.69) is 4.99 Å². The molecule has 2 saturated heterocycles. The zero-order valence-electron chi connectivity index (χ0n) is 22.2. The van der Waals surface area contributed by atoms with Crippen molar-refractivity contribution in [3.63, 3.8) is 0 Å². The van der Waals surface area contributed by atoms with Crippen LogP contribution in [0.4, 0.5) is 18.0 Å². The number of rotatable bonds is 5. The van der Waals surface area contributed by atoms with Gasteiger partial charge in [0.2, 0.25) is 5.91 Å². The first-order valence-corrected chi connectivity index (χ1v) is 12.3. The van der Waals surface area contributed by atoms with Crippen molar-refractivity contribution in [2.75, 3.05) is 45.9 Å². The highest BCUT2D eigenvalue weighted by molar-refractivity contribution is 5.81. The molecule has 0 N–H and O–H groups in total. The standard InChI is InChI=1S/C25H39F3N4O4/c1-7-18(2)14-20(25(26,27)28)16-29-19(3)30-8-10-31(11-9-30)22(33)15-21-17-35-13-12-32(21)23(34)36-24(4,5)6/h14,16,21H,7-13,15,17H2,1-6H3/b18-14+,20-16+,29-19?/t21-/m0/s1. The first kappa shape index (κ1) is 29.7. The summed E-state index contributed by atoms with van der Waals surface area (Å²) in [4.78, 5) is 34.7. The molecule has 0 aromatic carbocycles. The number of morpholine rings is 1. The lowest BCUT2D eigenvalue weighted by molar-refractivity contribution is -0.135. The van der Waals surface area contributed by atoms with Crippen molar-refractivity contribution in [2.45, 2.75) is 72.2 Å². The third-order valence-corrected chi connectivity index (χ3v) is 6.03. The van der Waals surface area contributed by atoms with E-state index in [1.54, 1.807) is 51.3 Å². The average molecular weight is 517 g/mol. The molecule has 11 heteroatoms. The van der Waals surface area contributed by atoms with Gasteiger partial charge < -0.3 is 24.2 Å². The Morgan fingerprint density at radius 2 is 1.67 bits per heavy atom. The highest BCUT2D eigenvalue weighted by atomic mass is 19.4. The Bertz CT molecular complexity index is 870. The van der Waals surface area contributed by atoms with Gasteiger partial charge in [-0.1, -0.05) is 12.5 Å². The van der Waals surface area contributed by atoms with Crippen molar-refractivity contribution in [3.05, 3.63) is 23.4 Å². The van der Waals surface area contributed by atoms with Crippen LogP contribution in [-0.2, 0) is 14.3 Å². The third-order valence-electron chi connectivity index (χ3n) is 6.03. The Morgan fingerprint density at radius 3 is 2.22 bits per heavy atom. The number of halogens is 3. The molecule has 2 aliphatic heterocycles. The molecule has 2 fully saturated rings. The number of ether oxygens (including phenoxy) is 2. The monoisotopic (exact) mass is 516 g/mol. The minimum absolute atomic E-state index is 0.104. The van der Waals surface area contributed by atoms with Gasteiger partial charge >= 0.3 is 12.3 Å². The summed E-state index contributed by atoms with van der Waals surface area (Å²) >= 11 is 0. The number of amidine groups is 1. The summed E-state index contributed by atoms with van der Waals surface area (Å²) in [6.45, 7) is 13.2. The van der Waals surface area contributed by atoms with E-state index in [-0.39, 0.29) is 18.9 Å². The molecule has 0 aromatic heterocycles. The number of hydrogen-bond acceptors (Lipinski definition) is 5. The minimum Gasteiger partial charge on any atom is -0.444 e. The fourth-order valence-corrected chi connectivity index (χ4v) is 3.80. The first-order valence-electron chi connectivity index (χ1n) is 12.3. The van der Waals surface area contributed by atoms with Crippen molar-refractivity contribution < 1.29 is 32.2 Å². The van der Waals surface area contributed by atoms with Crippen LogP contribution < -0.4 is 0 Å². The molecule has 0 radical (unpaired) electrons. The van der Waals surface area contributed by atoms with Crippen molar-refractivity contribution >= 4 is 17.8 Å².